The van der Waals surface area contributed by atoms with Gasteiger partial charge >= 0.3 is 5.97 Å². The van der Waals surface area contributed by atoms with Crippen LogP contribution < -0.4 is 4.74 Å². The zero-order valence-electron chi connectivity index (χ0n) is 10.9. The second-order valence-electron chi connectivity index (χ2n) is 4.38. The first kappa shape index (κ1) is 15.9. The van der Waals surface area contributed by atoms with E-state index < -0.39 is 17.9 Å². The number of rotatable bonds is 4. The van der Waals surface area contributed by atoms with Crippen molar-refractivity contribution in [1.29, 1.82) is 0 Å². The molecule has 0 aliphatic carbocycles. The Bertz CT molecular complexity index is 551. The van der Waals surface area contributed by atoms with Crippen molar-refractivity contribution < 1.29 is 24.2 Å². The number of ether oxygens (including phenoxy) is 2. The average Bonchev–Trinajstić information content (AvgIpc) is 2.46. The van der Waals surface area contributed by atoms with Crippen molar-refractivity contribution in [3.63, 3.8) is 0 Å². The van der Waals surface area contributed by atoms with Crippen LogP contribution in [-0.4, -0.2) is 54.3 Å². The fourth-order valence-electron chi connectivity index (χ4n) is 1.92. The highest BCUT2D eigenvalue weighted by atomic mass is 35.5. The predicted octanol–water partition coefficient (Wildman–Crippen LogP) is 1.68. The Morgan fingerprint density at radius 1 is 1.43 bits per heavy atom. The molecule has 1 aliphatic rings. The van der Waals surface area contributed by atoms with Crippen molar-refractivity contribution in [2.45, 2.75) is 6.04 Å². The molecule has 21 heavy (non-hydrogen) atoms. The van der Waals surface area contributed by atoms with Gasteiger partial charge in [0.15, 0.2) is 12.6 Å². The second kappa shape index (κ2) is 6.98. The number of carbonyl (C=O) groups excluding carboxylic acids is 1. The molecule has 0 saturated carbocycles. The van der Waals surface area contributed by atoms with Gasteiger partial charge in [-0.1, -0.05) is 23.2 Å². The lowest BCUT2D eigenvalue weighted by molar-refractivity contribution is -0.159. The fourth-order valence-corrected chi connectivity index (χ4v) is 2.38. The zero-order valence-corrected chi connectivity index (χ0v) is 12.4. The van der Waals surface area contributed by atoms with Crippen LogP contribution in [0.5, 0.6) is 5.75 Å². The number of hydrogen-bond donors (Lipinski definition) is 1. The van der Waals surface area contributed by atoms with Crippen molar-refractivity contribution in [3.8, 4) is 5.75 Å². The molecular weight excluding hydrogens is 321 g/mol. The van der Waals surface area contributed by atoms with Crippen molar-refractivity contribution in [1.82, 2.24) is 4.90 Å². The summed E-state index contributed by atoms with van der Waals surface area (Å²) >= 11 is 11.7. The third kappa shape index (κ3) is 4.00. The summed E-state index contributed by atoms with van der Waals surface area (Å²) in [6.45, 7) is 0.193. The number of morpholine rings is 1. The highest BCUT2D eigenvalue weighted by Crippen LogP contribution is 2.27. The van der Waals surface area contributed by atoms with Crippen LogP contribution in [0.1, 0.15) is 0 Å². The molecule has 0 bridgehead atoms. The Labute approximate surface area is 131 Å². The maximum Gasteiger partial charge on any atom is 0.328 e. The normalized spacial score (nSPS) is 18.4. The van der Waals surface area contributed by atoms with E-state index in [0.717, 1.165) is 0 Å². The van der Waals surface area contributed by atoms with Gasteiger partial charge in [0, 0.05) is 11.6 Å². The van der Waals surface area contributed by atoms with Crippen LogP contribution in [0.15, 0.2) is 18.2 Å². The lowest BCUT2D eigenvalue weighted by Crippen LogP contribution is -2.53. The van der Waals surface area contributed by atoms with Gasteiger partial charge in [0.2, 0.25) is 0 Å². The zero-order chi connectivity index (χ0) is 15.4. The summed E-state index contributed by atoms with van der Waals surface area (Å²) < 4.78 is 10.4. The Morgan fingerprint density at radius 2 is 2.19 bits per heavy atom. The van der Waals surface area contributed by atoms with Gasteiger partial charge in [0.25, 0.3) is 5.91 Å². The molecule has 1 amide bonds. The van der Waals surface area contributed by atoms with E-state index in [4.69, 9.17) is 37.8 Å². The SMILES string of the molecule is O=C(O)[C@H]1COCCN1C(=O)COc1ccc(Cl)cc1Cl. The van der Waals surface area contributed by atoms with Crippen LogP contribution in [0.2, 0.25) is 10.0 Å². The predicted molar refractivity (Wildman–Crippen MR) is 75.9 cm³/mol. The molecule has 1 heterocycles. The van der Waals surface area contributed by atoms with Gasteiger partial charge in [-0.15, -0.1) is 0 Å². The number of nitrogens with zero attached hydrogens (tertiary/aromatic N) is 1. The molecule has 114 valence electrons. The summed E-state index contributed by atoms with van der Waals surface area (Å²) in [5, 5.41) is 9.81. The maximum absolute atomic E-state index is 12.1. The molecule has 6 nitrogen and oxygen atoms in total. The number of halogens is 2. The fraction of sp³-hybridized carbons (Fsp3) is 0.385. The number of benzene rings is 1. The molecule has 0 unspecified atom stereocenters. The molecule has 8 heteroatoms. The standard InChI is InChI=1S/C13H13Cl2NO5/c14-8-1-2-11(9(15)5-8)21-7-12(17)16-3-4-20-6-10(16)13(18)19/h1-2,5,10H,3-4,6-7H2,(H,18,19)/t10-/m1/s1. The molecule has 1 fully saturated rings. The van der Waals surface area contributed by atoms with Crippen molar-refractivity contribution in [3.05, 3.63) is 28.2 Å². The largest absolute Gasteiger partial charge is 0.482 e. The quantitative estimate of drug-likeness (QED) is 0.907. The number of hydrogen-bond acceptors (Lipinski definition) is 4. The minimum Gasteiger partial charge on any atom is -0.482 e. The van der Waals surface area contributed by atoms with E-state index in [9.17, 15) is 9.59 Å². The van der Waals surface area contributed by atoms with Crippen molar-refractivity contribution >= 4 is 35.1 Å². The van der Waals surface area contributed by atoms with Crippen LogP contribution in [0, 0.1) is 0 Å². The summed E-state index contributed by atoms with van der Waals surface area (Å²) in [5.74, 6) is -1.22. The highest BCUT2D eigenvalue weighted by Gasteiger charge is 2.32. The Morgan fingerprint density at radius 3 is 2.86 bits per heavy atom. The van der Waals surface area contributed by atoms with E-state index in [2.05, 4.69) is 0 Å². The first-order valence-corrected chi connectivity index (χ1v) is 6.92. The monoisotopic (exact) mass is 333 g/mol. The van der Waals surface area contributed by atoms with Gasteiger partial charge in [0.1, 0.15) is 5.75 Å². The maximum atomic E-state index is 12.1. The van der Waals surface area contributed by atoms with Gasteiger partial charge in [-0.3, -0.25) is 4.79 Å². The Hall–Kier alpha value is -1.50. The van der Waals surface area contributed by atoms with E-state index >= 15 is 0 Å². The summed E-state index contributed by atoms with van der Waals surface area (Å²) in [4.78, 5) is 24.4. The molecule has 1 aliphatic heterocycles. The van der Waals surface area contributed by atoms with Gasteiger partial charge in [0.05, 0.1) is 18.2 Å². The minimum atomic E-state index is -1.10. The molecule has 2 rings (SSSR count). The number of carboxylic acids is 1. The summed E-state index contributed by atoms with van der Waals surface area (Å²) in [7, 11) is 0. The molecule has 1 aromatic carbocycles. The van der Waals surface area contributed by atoms with Gasteiger partial charge in [-0.25, -0.2) is 4.79 Å². The van der Waals surface area contributed by atoms with Crippen LogP contribution in [0.3, 0.4) is 0 Å². The van der Waals surface area contributed by atoms with Crippen molar-refractivity contribution in [2.75, 3.05) is 26.4 Å². The number of amides is 1. The van der Waals surface area contributed by atoms with E-state index in [0.29, 0.717) is 17.4 Å². The second-order valence-corrected chi connectivity index (χ2v) is 5.22. The first-order chi connectivity index (χ1) is 9.99. The Kier molecular flexibility index (Phi) is 5.27. The molecule has 0 aromatic heterocycles. The lowest BCUT2D eigenvalue weighted by atomic mass is 10.2. The van der Waals surface area contributed by atoms with E-state index in [1.807, 2.05) is 0 Å². The number of aliphatic carboxylic acids is 1. The highest BCUT2D eigenvalue weighted by molar-refractivity contribution is 6.35. The van der Waals surface area contributed by atoms with Crippen LogP contribution in [0.4, 0.5) is 0 Å². The van der Waals surface area contributed by atoms with Gasteiger partial charge in [-0.2, -0.15) is 0 Å². The smallest absolute Gasteiger partial charge is 0.328 e. The number of carbonyl (C=O) groups is 2. The average molecular weight is 334 g/mol. The van der Waals surface area contributed by atoms with Crippen LogP contribution >= 0.6 is 23.2 Å². The molecule has 0 spiro atoms. The summed E-state index contributed by atoms with van der Waals surface area (Å²) in [5.41, 5.74) is 0. The van der Waals surface area contributed by atoms with Crippen molar-refractivity contribution in [2.24, 2.45) is 0 Å². The minimum absolute atomic E-state index is 0.0250. The van der Waals surface area contributed by atoms with E-state index in [1.165, 1.54) is 11.0 Å². The number of carboxylic acid groups (broad SMARTS) is 1. The molecule has 1 aromatic rings. The Balaban J connectivity index is 1.98. The van der Waals surface area contributed by atoms with Gasteiger partial charge < -0.3 is 19.5 Å². The van der Waals surface area contributed by atoms with E-state index in [1.54, 1.807) is 12.1 Å². The summed E-state index contributed by atoms with van der Waals surface area (Å²) in [6.07, 6.45) is 0. The van der Waals surface area contributed by atoms with Crippen LogP contribution in [0.25, 0.3) is 0 Å². The van der Waals surface area contributed by atoms with Gasteiger partial charge in [-0.05, 0) is 18.2 Å². The third-order valence-electron chi connectivity index (χ3n) is 2.98. The summed E-state index contributed by atoms with van der Waals surface area (Å²) in [6, 6.07) is 3.64. The molecule has 1 saturated heterocycles. The lowest BCUT2D eigenvalue weighted by Gasteiger charge is -2.32. The molecule has 0 radical (unpaired) electrons. The van der Waals surface area contributed by atoms with E-state index in [-0.39, 0.29) is 24.8 Å². The molecule has 1 N–H and O–H groups in total. The molecule has 1 atom stereocenters. The topological polar surface area (TPSA) is 76.1 Å². The first-order valence-electron chi connectivity index (χ1n) is 6.17. The molecular formula is C13H13Cl2NO5. The third-order valence-corrected chi connectivity index (χ3v) is 3.51. The van der Waals surface area contributed by atoms with Crippen LogP contribution in [-0.2, 0) is 14.3 Å².